The van der Waals surface area contributed by atoms with Crippen molar-refractivity contribution in [2.75, 3.05) is 11.5 Å². The van der Waals surface area contributed by atoms with Gasteiger partial charge in [0.05, 0.1) is 24.0 Å². The fourth-order valence-corrected chi connectivity index (χ4v) is 6.95. The lowest BCUT2D eigenvalue weighted by atomic mass is 10.0. The summed E-state index contributed by atoms with van der Waals surface area (Å²) in [6, 6.07) is 6.16. The Hall–Kier alpha value is -5.10. The first kappa shape index (κ1) is 43.1. The summed E-state index contributed by atoms with van der Waals surface area (Å²) in [5.41, 5.74) is 0.611. The van der Waals surface area contributed by atoms with Crippen LogP contribution >= 0.6 is 21.6 Å². The molecular formula is C34H42N4O12S2. The van der Waals surface area contributed by atoms with Gasteiger partial charge in [-0.1, -0.05) is 73.5 Å². The van der Waals surface area contributed by atoms with E-state index in [9.17, 15) is 58.8 Å². The quantitative estimate of drug-likeness (QED) is 0.0665. The molecule has 2 rings (SSSR count). The van der Waals surface area contributed by atoms with Crippen LogP contribution < -0.4 is 21.3 Å². The zero-order valence-corrected chi connectivity index (χ0v) is 30.4. The Balaban J connectivity index is 2.23. The van der Waals surface area contributed by atoms with Gasteiger partial charge in [0.15, 0.2) is 0 Å². The fourth-order valence-electron chi connectivity index (χ4n) is 4.62. The molecule has 0 saturated heterocycles. The van der Waals surface area contributed by atoms with Crippen molar-refractivity contribution >= 4 is 69.1 Å². The Morgan fingerprint density at radius 1 is 0.558 bits per heavy atom. The van der Waals surface area contributed by atoms with Gasteiger partial charge in [-0.3, -0.25) is 19.2 Å². The lowest BCUT2D eigenvalue weighted by Crippen LogP contribution is -2.54. The van der Waals surface area contributed by atoms with E-state index in [1.54, 1.807) is 27.7 Å². The molecule has 52 heavy (non-hydrogen) atoms. The maximum absolute atomic E-state index is 13.3. The van der Waals surface area contributed by atoms with E-state index in [1.807, 2.05) is 0 Å². The smallest absolute Gasteiger partial charge is 0.335 e. The van der Waals surface area contributed by atoms with E-state index < -0.39 is 83.5 Å². The van der Waals surface area contributed by atoms with Crippen LogP contribution in [0.25, 0.3) is 0 Å². The van der Waals surface area contributed by atoms with Crippen molar-refractivity contribution in [3.05, 3.63) is 70.8 Å². The van der Waals surface area contributed by atoms with Gasteiger partial charge in [0.2, 0.25) is 23.6 Å². The second-order valence-corrected chi connectivity index (χ2v) is 14.9. The normalized spacial score (nSPS) is 13.3. The SMILES string of the molecule is CC(C)[C@@H](NC(=O)[C@H](CSSC[C@H](NC(=O)Cc1cccc(C(=O)O)c1)C(=O)N[C@@H](C(=O)O)C(C)C)NC(=O)Cc1cccc(C(=O)O)c1)C(=O)O. The molecule has 0 spiro atoms. The average molecular weight is 763 g/mol. The molecule has 0 aromatic heterocycles. The zero-order valence-electron chi connectivity index (χ0n) is 28.8. The van der Waals surface area contributed by atoms with Gasteiger partial charge in [-0.2, -0.15) is 0 Å². The van der Waals surface area contributed by atoms with Crippen molar-refractivity contribution in [1.29, 1.82) is 0 Å². The zero-order chi connectivity index (χ0) is 39.1. The van der Waals surface area contributed by atoms with E-state index in [-0.39, 0.29) is 35.5 Å². The number of nitrogens with one attached hydrogen (secondary N) is 4. The number of carboxylic acid groups (broad SMARTS) is 4. The number of aromatic carboxylic acids is 2. The topological polar surface area (TPSA) is 266 Å². The van der Waals surface area contributed by atoms with Crippen LogP contribution in [0.2, 0.25) is 0 Å². The molecule has 0 aliphatic rings. The molecule has 2 aromatic rings. The van der Waals surface area contributed by atoms with Crippen LogP contribution in [-0.2, 0) is 41.6 Å². The number of carbonyl (C=O) groups is 8. The van der Waals surface area contributed by atoms with Crippen molar-refractivity contribution in [3.8, 4) is 0 Å². The van der Waals surface area contributed by atoms with Crippen molar-refractivity contribution in [2.45, 2.75) is 64.7 Å². The molecular weight excluding hydrogens is 721 g/mol. The molecule has 0 radical (unpaired) electrons. The number of benzene rings is 2. The minimum Gasteiger partial charge on any atom is -0.480 e. The molecule has 4 atom stereocenters. The summed E-state index contributed by atoms with van der Waals surface area (Å²) in [6.45, 7) is 6.35. The molecule has 4 amide bonds. The standard InChI is InChI=1S/C34H42N4O12S2/c1-17(2)27(33(47)48)37-29(41)23(35-25(39)13-19-7-5-9-21(11-19)31(43)44)15-51-52-16-24(30(42)38-28(18(3)4)34(49)50)36-26(40)14-20-8-6-10-22(12-20)32(45)46/h5-12,17-18,23-24,27-28H,13-16H2,1-4H3,(H,35,39)(H,36,40)(H,37,41)(H,38,42)(H,43,44)(H,45,46)(H,47,48)(H,49,50)/t23-,24-,27+,28+/m0/s1. The highest BCUT2D eigenvalue weighted by atomic mass is 33.1. The first-order valence-electron chi connectivity index (χ1n) is 15.9. The van der Waals surface area contributed by atoms with Crippen LogP contribution in [0.15, 0.2) is 48.5 Å². The van der Waals surface area contributed by atoms with Gasteiger partial charge in [-0.15, -0.1) is 0 Å². The summed E-state index contributed by atoms with van der Waals surface area (Å²) in [7, 11) is 2.01. The first-order chi connectivity index (χ1) is 24.4. The van der Waals surface area contributed by atoms with E-state index in [1.165, 1.54) is 48.5 Å². The largest absolute Gasteiger partial charge is 0.480 e. The summed E-state index contributed by atoms with van der Waals surface area (Å²) in [5, 5.41) is 47.6. The van der Waals surface area contributed by atoms with Gasteiger partial charge in [0.1, 0.15) is 24.2 Å². The van der Waals surface area contributed by atoms with Crippen LogP contribution in [-0.4, -0.2) is 104 Å². The Labute approximate surface area is 307 Å². The summed E-state index contributed by atoms with van der Waals surface area (Å²) in [6.07, 6.45) is -0.584. The monoisotopic (exact) mass is 762 g/mol. The van der Waals surface area contributed by atoms with Crippen LogP contribution in [0.5, 0.6) is 0 Å². The lowest BCUT2D eigenvalue weighted by Gasteiger charge is -2.24. The Morgan fingerprint density at radius 2 is 0.904 bits per heavy atom. The fraction of sp³-hybridized carbons (Fsp3) is 0.412. The van der Waals surface area contributed by atoms with Gasteiger partial charge in [-0.25, -0.2) is 19.2 Å². The Morgan fingerprint density at radius 3 is 1.19 bits per heavy atom. The highest BCUT2D eigenvalue weighted by Crippen LogP contribution is 2.24. The van der Waals surface area contributed by atoms with E-state index >= 15 is 0 Å². The third kappa shape index (κ3) is 14.3. The van der Waals surface area contributed by atoms with Crippen LogP contribution in [0, 0.1) is 11.8 Å². The van der Waals surface area contributed by atoms with Gasteiger partial charge in [-0.05, 0) is 47.2 Å². The van der Waals surface area contributed by atoms with Crippen molar-refractivity contribution in [3.63, 3.8) is 0 Å². The van der Waals surface area contributed by atoms with Gasteiger partial charge in [0.25, 0.3) is 0 Å². The molecule has 0 fully saturated rings. The number of carbonyl (C=O) groups excluding carboxylic acids is 4. The minimum atomic E-state index is -1.29. The molecule has 282 valence electrons. The molecule has 2 aromatic carbocycles. The summed E-state index contributed by atoms with van der Waals surface area (Å²) < 4.78 is 0. The number of aliphatic carboxylic acids is 2. The third-order valence-electron chi connectivity index (χ3n) is 7.39. The molecule has 0 unspecified atom stereocenters. The summed E-state index contributed by atoms with van der Waals surface area (Å²) in [5.74, 6) is -9.21. The van der Waals surface area contributed by atoms with E-state index in [2.05, 4.69) is 21.3 Å². The summed E-state index contributed by atoms with van der Waals surface area (Å²) in [4.78, 5) is 98.7. The molecule has 8 N–H and O–H groups in total. The van der Waals surface area contributed by atoms with Crippen molar-refractivity contribution in [2.24, 2.45) is 11.8 Å². The maximum atomic E-state index is 13.3. The third-order valence-corrected chi connectivity index (χ3v) is 9.82. The molecule has 18 heteroatoms. The predicted molar refractivity (Wildman–Crippen MR) is 192 cm³/mol. The molecule has 0 aliphatic heterocycles. The van der Waals surface area contributed by atoms with Crippen LogP contribution in [0.3, 0.4) is 0 Å². The second-order valence-electron chi connectivity index (χ2n) is 12.3. The van der Waals surface area contributed by atoms with Crippen molar-refractivity contribution in [1.82, 2.24) is 21.3 Å². The van der Waals surface area contributed by atoms with E-state index in [0.717, 1.165) is 21.6 Å². The Bertz CT molecular complexity index is 1530. The maximum Gasteiger partial charge on any atom is 0.335 e. The number of hydrogen-bond acceptors (Lipinski definition) is 10. The van der Waals surface area contributed by atoms with E-state index in [4.69, 9.17) is 0 Å². The summed E-state index contributed by atoms with van der Waals surface area (Å²) >= 11 is 0. The van der Waals surface area contributed by atoms with Gasteiger partial charge < -0.3 is 41.7 Å². The van der Waals surface area contributed by atoms with Gasteiger partial charge >= 0.3 is 23.9 Å². The highest BCUT2D eigenvalue weighted by Gasteiger charge is 2.31. The Kier molecular flexibility index (Phi) is 17.1. The molecule has 0 bridgehead atoms. The van der Waals surface area contributed by atoms with Gasteiger partial charge in [0, 0.05) is 11.5 Å². The highest BCUT2D eigenvalue weighted by molar-refractivity contribution is 8.76. The predicted octanol–water partition coefficient (Wildman–Crippen LogP) is 1.67. The number of amides is 4. The molecule has 0 saturated carbocycles. The van der Waals surface area contributed by atoms with Crippen LogP contribution in [0.1, 0.15) is 59.5 Å². The van der Waals surface area contributed by atoms with Crippen LogP contribution in [0.4, 0.5) is 0 Å². The van der Waals surface area contributed by atoms with E-state index in [0.29, 0.717) is 11.1 Å². The molecule has 16 nitrogen and oxygen atoms in total. The average Bonchev–Trinajstić information content (AvgIpc) is 3.06. The number of rotatable bonds is 21. The second kappa shape index (κ2) is 20.7. The molecule has 0 heterocycles. The number of carboxylic acids is 4. The number of hydrogen-bond donors (Lipinski definition) is 8. The molecule has 0 aliphatic carbocycles. The first-order valence-corrected chi connectivity index (χ1v) is 18.4. The lowest BCUT2D eigenvalue weighted by molar-refractivity contribution is -0.143. The minimum absolute atomic E-state index is 0.0460. The van der Waals surface area contributed by atoms with Crippen molar-refractivity contribution < 1.29 is 58.8 Å².